The molecule has 6 nitrogen and oxygen atoms in total. The molecule has 1 atom stereocenters. The molecule has 1 N–H and O–H groups in total. The van der Waals surface area contributed by atoms with E-state index in [0.717, 1.165) is 19.4 Å². The fraction of sp³-hybridized carbons (Fsp3) is 0.316. The minimum absolute atomic E-state index is 0.162. The molecule has 134 valence electrons. The van der Waals surface area contributed by atoms with Crippen LogP contribution in [0.3, 0.4) is 0 Å². The number of nitrogens with one attached hydrogen (secondary N) is 1. The molecule has 1 saturated heterocycles. The molecule has 1 fully saturated rings. The van der Waals surface area contributed by atoms with Crippen LogP contribution in [0.2, 0.25) is 0 Å². The third kappa shape index (κ3) is 2.93. The molecule has 3 heterocycles. The highest BCUT2D eigenvalue weighted by Crippen LogP contribution is 2.34. The molecule has 26 heavy (non-hydrogen) atoms. The van der Waals surface area contributed by atoms with Crippen LogP contribution in [0.15, 0.2) is 46.6 Å². The van der Waals surface area contributed by atoms with Gasteiger partial charge >= 0.3 is 0 Å². The lowest BCUT2D eigenvalue weighted by Crippen LogP contribution is -2.35. The maximum absolute atomic E-state index is 12.9. The summed E-state index contributed by atoms with van der Waals surface area (Å²) in [5, 5.41) is 10.2. The van der Waals surface area contributed by atoms with Crippen molar-refractivity contribution in [2.75, 3.05) is 13.6 Å². The first kappa shape index (κ1) is 16.9. The molecule has 1 aliphatic rings. The average Bonchev–Trinajstić information content (AvgIpc) is 3.35. The van der Waals surface area contributed by atoms with Gasteiger partial charge in [0.15, 0.2) is 5.69 Å². The number of aromatic nitrogens is 2. The number of benzene rings is 1. The molecule has 0 radical (unpaired) electrons. The number of likely N-dealkylation sites (tertiary alicyclic amines) is 1. The summed E-state index contributed by atoms with van der Waals surface area (Å²) in [7, 11) is 1.57. The van der Waals surface area contributed by atoms with Crippen LogP contribution in [0.5, 0.6) is 0 Å². The topological polar surface area (TPSA) is 67.2 Å². The first-order chi connectivity index (χ1) is 12.7. The van der Waals surface area contributed by atoms with Gasteiger partial charge in [0.05, 0.1) is 12.1 Å². The van der Waals surface area contributed by atoms with Crippen LogP contribution in [0.25, 0.3) is 10.8 Å². The van der Waals surface area contributed by atoms with Crippen LogP contribution < -0.4 is 10.9 Å². The van der Waals surface area contributed by atoms with Crippen molar-refractivity contribution in [2.24, 2.45) is 0 Å². The van der Waals surface area contributed by atoms with Crippen molar-refractivity contribution in [3.05, 3.63) is 62.7 Å². The van der Waals surface area contributed by atoms with Gasteiger partial charge in [0.2, 0.25) is 0 Å². The second-order valence-electron chi connectivity index (χ2n) is 6.41. The Kier molecular flexibility index (Phi) is 4.57. The molecule has 1 unspecified atom stereocenters. The monoisotopic (exact) mass is 368 g/mol. The quantitative estimate of drug-likeness (QED) is 0.769. The number of amides is 1. The van der Waals surface area contributed by atoms with Gasteiger partial charge in [-0.2, -0.15) is 5.10 Å². The zero-order valence-corrected chi connectivity index (χ0v) is 15.3. The van der Waals surface area contributed by atoms with Crippen LogP contribution >= 0.6 is 11.3 Å². The van der Waals surface area contributed by atoms with Gasteiger partial charge in [-0.3, -0.25) is 14.5 Å². The van der Waals surface area contributed by atoms with E-state index < -0.39 is 0 Å². The summed E-state index contributed by atoms with van der Waals surface area (Å²) < 4.78 is 1.43. The number of rotatable bonds is 4. The molecular weight excluding hydrogens is 348 g/mol. The Balaban J connectivity index is 1.76. The number of fused-ring (bicyclic) bond motifs is 1. The third-order valence-electron chi connectivity index (χ3n) is 4.86. The van der Waals surface area contributed by atoms with Crippen molar-refractivity contribution in [2.45, 2.75) is 25.6 Å². The fourth-order valence-electron chi connectivity index (χ4n) is 3.59. The summed E-state index contributed by atoms with van der Waals surface area (Å²) in [6.45, 7) is 1.30. The molecule has 0 saturated carbocycles. The number of hydrogen-bond donors (Lipinski definition) is 1. The molecule has 3 aromatic rings. The number of carbonyl (C=O) groups excluding carboxylic acids is 1. The Hall–Kier alpha value is -2.51. The van der Waals surface area contributed by atoms with Crippen LogP contribution in [0, 0.1) is 0 Å². The molecule has 0 spiro atoms. The van der Waals surface area contributed by atoms with Crippen molar-refractivity contribution in [3.8, 4) is 0 Å². The first-order valence-corrected chi connectivity index (χ1v) is 9.56. The Morgan fingerprint density at radius 3 is 2.81 bits per heavy atom. The summed E-state index contributed by atoms with van der Waals surface area (Å²) in [5.74, 6) is -0.286. The Morgan fingerprint density at radius 1 is 1.27 bits per heavy atom. The first-order valence-electron chi connectivity index (χ1n) is 8.68. The van der Waals surface area contributed by atoms with Crippen LogP contribution in [0.1, 0.15) is 34.2 Å². The highest BCUT2D eigenvalue weighted by atomic mass is 32.1. The molecule has 1 aromatic carbocycles. The van der Waals surface area contributed by atoms with Crippen molar-refractivity contribution in [1.29, 1.82) is 0 Å². The number of hydrogen-bond acceptors (Lipinski definition) is 5. The molecule has 4 rings (SSSR count). The summed E-state index contributed by atoms with van der Waals surface area (Å²) >= 11 is 1.74. The van der Waals surface area contributed by atoms with E-state index in [1.807, 2.05) is 12.1 Å². The minimum atomic E-state index is -0.286. The average molecular weight is 368 g/mol. The van der Waals surface area contributed by atoms with Crippen molar-refractivity contribution in [3.63, 3.8) is 0 Å². The molecule has 1 aliphatic heterocycles. The van der Waals surface area contributed by atoms with Crippen molar-refractivity contribution < 1.29 is 4.79 Å². The van der Waals surface area contributed by atoms with Crippen LogP contribution in [-0.2, 0) is 6.67 Å². The number of carbonyl (C=O) groups is 1. The second-order valence-corrected chi connectivity index (χ2v) is 7.38. The zero-order valence-electron chi connectivity index (χ0n) is 14.5. The van der Waals surface area contributed by atoms with Gasteiger partial charge in [-0.25, -0.2) is 4.68 Å². The summed E-state index contributed by atoms with van der Waals surface area (Å²) in [6, 6.07) is 11.6. The van der Waals surface area contributed by atoms with Crippen molar-refractivity contribution in [1.82, 2.24) is 20.0 Å². The third-order valence-corrected chi connectivity index (χ3v) is 5.83. The summed E-state index contributed by atoms with van der Waals surface area (Å²) in [4.78, 5) is 28.8. The number of thiophene rings is 1. The predicted octanol–water partition coefficient (Wildman–Crippen LogP) is 2.61. The van der Waals surface area contributed by atoms with Gasteiger partial charge < -0.3 is 5.32 Å². The minimum Gasteiger partial charge on any atom is -0.354 e. The molecule has 0 bridgehead atoms. The smallest absolute Gasteiger partial charge is 0.275 e. The maximum atomic E-state index is 12.9. The standard InChI is InChI=1S/C19H20N4O2S/c1-20-18(24)17-13-6-2-3-7-14(13)19(25)23(21-17)12-22-10-4-8-15(22)16-9-5-11-26-16/h2-3,5-7,9,11,15H,4,8,10,12H2,1H3,(H,20,24). The lowest BCUT2D eigenvalue weighted by Gasteiger charge is -2.24. The molecule has 7 heteroatoms. The van der Waals surface area contributed by atoms with Gasteiger partial charge in [-0.1, -0.05) is 24.3 Å². The maximum Gasteiger partial charge on any atom is 0.275 e. The lowest BCUT2D eigenvalue weighted by molar-refractivity contribution is 0.0955. The molecule has 0 aliphatic carbocycles. The predicted molar refractivity (Wildman–Crippen MR) is 102 cm³/mol. The number of nitrogens with zero attached hydrogens (tertiary/aromatic N) is 3. The Morgan fingerprint density at radius 2 is 2.08 bits per heavy atom. The van der Waals surface area contributed by atoms with E-state index in [4.69, 9.17) is 0 Å². The zero-order chi connectivity index (χ0) is 18.1. The SMILES string of the molecule is CNC(=O)c1nn(CN2CCCC2c2cccs2)c(=O)c2ccccc12. The van der Waals surface area contributed by atoms with Crippen molar-refractivity contribution >= 4 is 28.0 Å². The highest BCUT2D eigenvalue weighted by Gasteiger charge is 2.28. The van der Waals surface area contributed by atoms with Gasteiger partial charge in [-0.05, 0) is 30.4 Å². The summed E-state index contributed by atoms with van der Waals surface area (Å²) in [6.07, 6.45) is 2.17. The van der Waals surface area contributed by atoms with E-state index in [-0.39, 0.29) is 17.2 Å². The Labute approximate surface area is 155 Å². The van der Waals surface area contributed by atoms with E-state index in [1.54, 1.807) is 30.5 Å². The molecule has 2 aromatic heterocycles. The largest absolute Gasteiger partial charge is 0.354 e. The summed E-state index contributed by atoms with van der Waals surface area (Å²) in [5.41, 5.74) is 0.125. The van der Waals surface area contributed by atoms with E-state index in [1.165, 1.54) is 9.56 Å². The second kappa shape index (κ2) is 7.01. The van der Waals surface area contributed by atoms with E-state index in [0.29, 0.717) is 23.5 Å². The van der Waals surface area contributed by atoms with Crippen LogP contribution in [-0.4, -0.2) is 34.2 Å². The van der Waals surface area contributed by atoms with Crippen LogP contribution in [0.4, 0.5) is 0 Å². The van der Waals surface area contributed by atoms with Gasteiger partial charge in [0, 0.05) is 29.9 Å². The molecular formula is C19H20N4O2S. The van der Waals surface area contributed by atoms with Gasteiger partial charge in [0.1, 0.15) is 0 Å². The lowest BCUT2D eigenvalue weighted by atomic mass is 10.1. The molecule has 1 amide bonds. The van der Waals surface area contributed by atoms with Gasteiger partial charge in [-0.15, -0.1) is 11.3 Å². The van der Waals surface area contributed by atoms with E-state index >= 15 is 0 Å². The fourth-order valence-corrected chi connectivity index (χ4v) is 4.48. The van der Waals surface area contributed by atoms with E-state index in [2.05, 4.69) is 32.8 Å². The highest BCUT2D eigenvalue weighted by molar-refractivity contribution is 7.10. The van der Waals surface area contributed by atoms with E-state index in [9.17, 15) is 9.59 Å². The normalized spacial score (nSPS) is 17.7. The Bertz CT molecular complexity index is 996. The van der Waals surface area contributed by atoms with Gasteiger partial charge in [0.25, 0.3) is 11.5 Å².